The second-order valence-corrected chi connectivity index (χ2v) is 5.11. The maximum Gasteiger partial charge on any atom is 0.154 e. The molecule has 0 aliphatic carbocycles. The molecule has 0 amide bonds. The lowest BCUT2D eigenvalue weighted by Crippen LogP contribution is -1.95. The minimum atomic E-state index is 0.771. The van der Waals surface area contributed by atoms with E-state index in [1.54, 1.807) is 24.2 Å². The van der Waals surface area contributed by atoms with Crippen LogP contribution in [0.15, 0.2) is 43.2 Å². The fourth-order valence-electron chi connectivity index (χ4n) is 1.34. The first-order valence-electron chi connectivity index (χ1n) is 5.17. The Morgan fingerprint density at radius 3 is 2.76 bits per heavy atom. The number of benzene rings is 1. The fourth-order valence-corrected chi connectivity index (χ4v) is 2.37. The molecule has 17 heavy (non-hydrogen) atoms. The summed E-state index contributed by atoms with van der Waals surface area (Å²) in [6.07, 6.45) is 5.33. The molecule has 0 radical (unpaired) electrons. The molecule has 4 heteroatoms. The average molecular weight is 260 g/mol. The molecule has 86 valence electrons. The number of H-pyrrole nitrogens is 1. The van der Waals surface area contributed by atoms with Gasteiger partial charge >= 0.3 is 0 Å². The van der Waals surface area contributed by atoms with E-state index in [0.29, 0.717) is 0 Å². The van der Waals surface area contributed by atoms with E-state index in [9.17, 15) is 0 Å². The summed E-state index contributed by atoms with van der Waals surface area (Å²) in [6.45, 7) is 3.73. The first-order chi connectivity index (χ1) is 8.29. The highest BCUT2D eigenvalue weighted by atomic mass is 32.2. The third-order valence-electron chi connectivity index (χ3n) is 2.28. The van der Waals surface area contributed by atoms with Crippen LogP contribution in [0, 0.1) is 0 Å². The second kappa shape index (κ2) is 5.80. The zero-order valence-corrected chi connectivity index (χ0v) is 10.9. The number of rotatable bonds is 4. The van der Waals surface area contributed by atoms with E-state index in [0.717, 1.165) is 21.3 Å². The minimum Gasteiger partial charge on any atom is -0.343 e. The molecule has 0 atom stereocenters. The highest BCUT2D eigenvalue weighted by Gasteiger charge is 2.04. The SMILES string of the molecule is C=Cc1ccc(CSC(=S)c2ncc[nH]2)cc1. The van der Waals surface area contributed by atoms with Crippen molar-refractivity contribution < 1.29 is 0 Å². The molecule has 0 aliphatic heterocycles. The van der Waals surface area contributed by atoms with Crippen LogP contribution in [-0.4, -0.2) is 14.2 Å². The predicted octanol–water partition coefficient (Wildman–Crippen LogP) is 3.66. The summed E-state index contributed by atoms with van der Waals surface area (Å²) in [5.74, 6) is 1.63. The third-order valence-corrected chi connectivity index (χ3v) is 3.76. The van der Waals surface area contributed by atoms with E-state index in [1.165, 1.54) is 5.56 Å². The molecule has 0 aliphatic rings. The van der Waals surface area contributed by atoms with E-state index in [-0.39, 0.29) is 0 Å². The van der Waals surface area contributed by atoms with Crippen LogP contribution in [0.5, 0.6) is 0 Å². The molecular formula is C13H12N2S2. The Hall–Kier alpha value is -1.39. The average Bonchev–Trinajstić information content (AvgIpc) is 2.90. The van der Waals surface area contributed by atoms with Crippen molar-refractivity contribution in [2.75, 3.05) is 0 Å². The first kappa shape index (κ1) is 12.1. The highest BCUT2D eigenvalue weighted by Crippen LogP contribution is 2.17. The number of thiocarbonyl (C=S) groups is 1. The molecule has 1 N–H and O–H groups in total. The largest absolute Gasteiger partial charge is 0.343 e. The van der Waals surface area contributed by atoms with Crippen LogP contribution >= 0.6 is 24.0 Å². The molecule has 0 spiro atoms. The molecule has 1 aromatic heterocycles. The second-order valence-electron chi connectivity index (χ2n) is 3.46. The van der Waals surface area contributed by atoms with Gasteiger partial charge in [0.25, 0.3) is 0 Å². The fraction of sp³-hybridized carbons (Fsp3) is 0.0769. The Balaban J connectivity index is 1.93. The van der Waals surface area contributed by atoms with Crippen LogP contribution in [0.25, 0.3) is 6.08 Å². The summed E-state index contributed by atoms with van der Waals surface area (Å²) in [4.78, 5) is 7.13. The van der Waals surface area contributed by atoms with E-state index in [2.05, 4.69) is 40.8 Å². The highest BCUT2D eigenvalue weighted by molar-refractivity contribution is 8.23. The molecule has 0 fully saturated rings. The van der Waals surface area contributed by atoms with Gasteiger partial charge in [-0.25, -0.2) is 4.98 Å². The van der Waals surface area contributed by atoms with Crippen LogP contribution < -0.4 is 0 Å². The Labute approximate surface area is 110 Å². The van der Waals surface area contributed by atoms with Crippen molar-refractivity contribution in [3.8, 4) is 0 Å². The molecule has 0 saturated heterocycles. The summed E-state index contributed by atoms with van der Waals surface area (Å²) in [5, 5.41) is 0. The lowest BCUT2D eigenvalue weighted by molar-refractivity contribution is 1.28. The summed E-state index contributed by atoms with van der Waals surface area (Å²) >= 11 is 6.89. The Morgan fingerprint density at radius 2 is 2.18 bits per heavy atom. The van der Waals surface area contributed by atoms with Gasteiger partial charge in [0, 0.05) is 18.1 Å². The molecule has 2 rings (SSSR count). The van der Waals surface area contributed by atoms with Gasteiger partial charge in [-0.15, -0.1) is 11.8 Å². The zero-order valence-electron chi connectivity index (χ0n) is 9.22. The molecular weight excluding hydrogens is 248 g/mol. The maximum atomic E-state index is 5.28. The molecule has 0 unspecified atom stereocenters. The van der Waals surface area contributed by atoms with Crippen molar-refractivity contribution in [2.45, 2.75) is 5.75 Å². The molecule has 0 bridgehead atoms. The van der Waals surface area contributed by atoms with Crippen molar-refractivity contribution in [1.29, 1.82) is 0 Å². The number of aromatic amines is 1. The maximum absolute atomic E-state index is 5.28. The predicted molar refractivity (Wildman–Crippen MR) is 78.1 cm³/mol. The Morgan fingerprint density at radius 1 is 1.41 bits per heavy atom. The molecule has 2 nitrogen and oxygen atoms in total. The lowest BCUT2D eigenvalue weighted by atomic mass is 10.1. The van der Waals surface area contributed by atoms with Crippen molar-refractivity contribution in [3.63, 3.8) is 0 Å². The molecule has 1 aromatic carbocycles. The standard InChI is InChI=1S/C13H12N2S2/c1-2-10-3-5-11(6-4-10)9-17-13(16)12-14-7-8-15-12/h2-8H,1,9H2,(H,14,15). The van der Waals surface area contributed by atoms with E-state index in [4.69, 9.17) is 12.2 Å². The van der Waals surface area contributed by atoms with Gasteiger partial charge in [-0.3, -0.25) is 0 Å². The smallest absolute Gasteiger partial charge is 0.154 e. The normalized spacial score (nSPS) is 10.1. The van der Waals surface area contributed by atoms with Gasteiger partial charge in [-0.05, 0) is 11.1 Å². The van der Waals surface area contributed by atoms with Crippen LogP contribution in [0.2, 0.25) is 0 Å². The number of aromatic nitrogens is 2. The van der Waals surface area contributed by atoms with Gasteiger partial charge in [0.15, 0.2) is 5.82 Å². The third kappa shape index (κ3) is 3.28. The zero-order chi connectivity index (χ0) is 12.1. The van der Waals surface area contributed by atoms with Crippen molar-refractivity contribution in [2.24, 2.45) is 0 Å². The van der Waals surface area contributed by atoms with Gasteiger partial charge in [0.2, 0.25) is 0 Å². The number of imidazole rings is 1. The lowest BCUT2D eigenvalue weighted by Gasteiger charge is -2.02. The van der Waals surface area contributed by atoms with Crippen molar-refractivity contribution >= 4 is 34.3 Å². The number of nitrogens with zero attached hydrogens (tertiary/aromatic N) is 1. The van der Waals surface area contributed by atoms with Gasteiger partial charge in [0.05, 0.1) is 0 Å². The minimum absolute atomic E-state index is 0.771. The van der Waals surface area contributed by atoms with Gasteiger partial charge in [-0.2, -0.15) is 0 Å². The van der Waals surface area contributed by atoms with Crippen LogP contribution in [0.3, 0.4) is 0 Å². The van der Waals surface area contributed by atoms with Gasteiger partial charge in [-0.1, -0.05) is 49.1 Å². The molecule has 0 saturated carbocycles. The van der Waals surface area contributed by atoms with Crippen molar-refractivity contribution in [3.05, 3.63) is 60.2 Å². The summed E-state index contributed by atoms with van der Waals surface area (Å²) in [6, 6.07) is 8.29. The first-order valence-corrected chi connectivity index (χ1v) is 6.57. The van der Waals surface area contributed by atoms with Gasteiger partial charge in [0.1, 0.15) is 4.20 Å². The Bertz CT molecular complexity index is 501. The summed E-state index contributed by atoms with van der Waals surface area (Å²) in [7, 11) is 0. The van der Waals surface area contributed by atoms with Crippen LogP contribution in [0.1, 0.15) is 17.0 Å². The molecule has 1 heterocycles. The number of thioether (sulfide) groups is 1. The molecule has 2 aromatic rings. The quantitative estimate of drug-likeness (QED) is 0.850. The van der Waals surface area contributed by atoms with Crippen molar-refractivity contribution in [1.82, 2.24) is 9.97 Å². The number of hydrogen-bond donors (Lipinski definition) is 1. The van der Waals surface area contributed by atoms with E-state index < -0.39 is 0 Å². The van der Waals surface area contributed by atoms with E-state index in [1.807, 2.05) is 6.08 Å². The monoisotopic (exact) mass is 260 g/mol. The topological polar surface area (TPSA) is 28.7 Å². The van der Waals surface area contributed by atoms with E-state index >= 15 is 0 Å². The summed E-state index contributed by atoms with van der Waals surface area (Å²) in [5.41, 5.74) is 2.38. The number of hydrogen-bond acceptors (Lipinski definition) is 3. The van der Waals surface area contributed by atoms with Crippen LogP contribution in [0.4, 0.5) is 0 Å². The Kier molecular flexibility index (Phi) is 4.12. The van der Waals surface area contributed by atoms with Crippen LogP contribution in [-0.2, 0) is 5.75 Å². The summed E-state index contributed by atoms with van der Waals surface area (Å²) < 4.78 is 0.794. The number of nitrogens with one attached hydrogen (secondary N) is 1. The van der Waals surface area contributed by atoms with Gasteiger partial charge < -0.3 is 4.98 Å².